The number of anilines is 3. The third-order valence-corrected chi connectivity index (χ3v) is 7.92. The molecule has 1 saturated heterocycles. The van der Waals surface area contributed by atoms with E-state index in [2.05, 4.69) is 25.2 Å². The summed E-state index contributed by atoms with van der Waals surface area (Å²) in [5, 5.41) is 3.77. The molecule has 0 saturated carbocycles. The van der Waals surface area contributed by atoms with Crippen molar-refractivity contribution in [3.05, 3.63) is 124 Å². The fourth-order valence-electron chi connectivity index (χ4n) is 5.44. The second-order valence-corrected chi connectivity index (χ2v) is 10.9. The third-order valence-electron chi connectivity index (χ3n) is 7.68. The van der Waals surface area contributed by atoms with E-state index in [9.17, 15) is 9.18 Å². The second kappa shape index (κ2) is 11.8. The molecule has 2 aliphatic heterocycles. The van der Waals surface area contributed by atoms with Crippen molar-refractivity contribution in [3.8, 4) is 11.3 Å². The Balaban J connectivity index is 1.08. The molecule has 0 unspecified atom stereocenters. The van der Waals surface area contributed by atoms with Gasteiger partial charge in [0.25, 0.3) is 5.91 Å². The van der Waals surface area contributed by atoms with Crippen LogP contribution < -0.4 is 10.2 Å². The monoisotopic (exact) mass is 604 g/mol. The molecule has 11 heteroatoms. The number of hydrogen-bond acceptors (Lipinski definition) is 8. The third kappa shape index (κ3) is 5.47. The number of nitrogens with one attached hydrogen (secondary N) is 1. The van der Waals surface area contributed by atoms with E-state index in [0.29, 0.717) is 71.2 Å². The number of aliphatic imine (C=N–C) groups is 1. The fourth-order valence-corrected chi connectivity index (χ4v) is 5.61. The molecule has 7 rings (SSSR count). The predicted octanol–water partition coefficient (Wildman–Crippen LogP) is 5.78. The minimum Gasteiger partial charge on any atom is -0.337 e. The van der Waals surface area contributed by atoms with Crippen LogP contribution in [0.2, 0.25) is 5.02 Å². The Morgan fingerprint density at radius 2 is 1.61 bits per heavy atom. The van der Waals surface area contributed by atoms with E-state index < -0.39 is 0 Å². The van der Waals surface area contributed by atoms with Gasteiger partial charge in [-0.2, -0.15) is 0 Å². The van der Waals surface area contributed by atoms with Gasteiger partial charge in [-0.15, -0.1) is 0 Å². The van der Waals surface area contributed by atoms with Crippen molar-refractivity contribution in [1.29, 1.82) is 0 Å². The SMILES string of the molecule is O=C(c1ccc(Nc2ncc3c(n2)-c2ccc(Cl)cc2C(c2ccccc2F)=NC3)cc1)N1CCN(c2ncccn2)CC1. The summed E-state index contributed by atoms with van der Waals surface area (Å²) in [5.41, 5.74) is 5.24. The number of halogens is 2. The summed E-state index contributed by atoms with van der Waals surface area (Å²) >= 11 is 6.38. The molecule has 5 aromatic rings. The van der Waals surface area contributed by atoms with Gasteiger partial charge in [-0.3, -0.25) is 9.79 Å². The van der Waals surface area contributed by atoms with Gasteiger partial charge in [0, 0.05) is 83.3 Å². The van der Waals surface area contributed by atoms with Crippen molar-refractivity contribution < 1.29 is 9.18 Å². The highest BCUT2D eigenvalue weighted by molar-refractivity contribution is 6.31. The standard InChI is InChI=1S/C33H26ClFN8O/c34-23-8-11-25-27(18-23)30(26-4-1-2-5-28(26)35)38-19-22-20-39-32(41-29(22)25)40-24-9-6-21(7-10-24)31(44)42-14-16-43(17-15-42)33-36-12-3-13-37-33/h1-13,18,20H,14-17,19H2,(H,39,40,41). The van der Waals surface area contributed by atoms with E-state index in [1.165, 1.54) is 6.07 Å². The van der Waals surface area contributed by atoms with Crippen molar-refractivity contribution in [1.82, 2.24) is 24.8 Å². The molecule has 2 aromatic heterocycles. The van der Waals surface area contributed by atoms with Crippen LogP contribution in [0.1, 0.15) is 27.0 Å². The Morgan fingerprint density at radius 3 is 2.39 bits per heavy atom. The number of carbonyl (C=O) groups is 1. The Kier molecular flexibility index (Phi) is 7.41. The van der Waals surface area contributed by atoms with E-state index in [0.717, 1.165) is 16.8 Å². The van der Waals surface area contributed by atoms with Gasteiger partial charge in [0.1, 0.15) is 5.82 Å². The lowest BCUT2D eigenvalue weighted by Gasteiger charge is -2.34. The van der Waals surface area contributed by atoms with Crippen molar-refractivity contribution >= 4 is 40.8 Å². The summed E-state index contributed by atoms with van der Waals surface area (Å²) in [6.45, 7) is 2.82. The molecule has 3 aromatic carbocycles. The normalized spacial score (nSPS) is 14.3. The Bertz CT molecular complexity index is 1880. The van der Waals surface area contributed by atoms with Crippen LogP contribution in [-0.4, -0.2) is 62.6 Å². The molecule has 44 heavy (non-hydrogen) atoms. The first-order valence-electron chi connectivity index (χ1n) is 14.2. The van der Waals surface area contributed by atoms with Crippen molar-refractivity contribution in [2.45, 2.75) is 6.54 Å². The van der Waals surface area contributed by atoms with E-state index in [4.69, 9.17) is 21.6 Å². The largest absolute Gasteiger partial charge is 0.337 e. The fraction of sp³-hybridized carbons (Fsp3) is 0.152. The lowest BCUT2D eigenvalue weighted by molar-refractivity contribution is 0.0746. The maximum absolute atomic E-state index is 14.8. The molecule has 1 amide bonds. The highest BCUT2D eigenvalue weighted by Crippen LogP contribution is 2.34. The number of amides is 1. The summed E-state index contributed by atoms with van der Waals surface area (Å²) in [4.78, 5) is 39.8. The van der Waals surface area contributed by atoms with Crippen LogP contribution in [0.15, 0.2) is 96.4 Å². The van der Waals surface area contributed by atoms with Gasteiger partial charge in [-0.05, 0) is 54.6 Å². The summed E-state index contributed by atoms with van der Waals surface area (Å²) < 4.78 is 14.8. The minimum absolute atomic E-state index is 0.0209. The second-order valence-electron chi connectivity index (χ2n) is 10.4. The number of piperazine rings is 1. The number of fused-ring (bicyclic) bond motifs is 3. The van der Waals surface area contributed by atoms with Gasteiger partial charge in [0.15, 0.2) is 0 Å². The first-order chi connectivity index (χ1) is 21.5. The molecule has 0 atom stereocenters. The van der Waals surface area contributed by atoms with E-state index in [1.54, 1.807) is 67.1 Å². The Hall–Kier alpha value is -5.22. The average molecular weight is 605 g/mol. The van der Waals surface area contributed by atoms with E-state index in [-0.39, 0.29) is 18.3 Å². The zero-order valence-corrected chi connectivity index (χ0v) is 24.2. The molecule has 2 aliphatic rings. The molecule has 1 N–H and O–H groups in total. The lowest BCUT2D eigenvalue weighted by Crippen LogP contribution is -2.49. The molecule has 0 spiro atoms. The predicted molar refractivity (Wildman–Crippen MR) is 168 cm³/mol. The number of carbonyl (C=O) groups excluding carboxylic acids is 1. The smallest absolute Gasteiger partial charge is 0.253 e. The molecule has 0 bridgehead atoms. The molecule has 0 aliphatic carbocycles. The Morgan fingerprint density at radius 1 is 0.841 bits per heavy atom. The van der Waals surface area contributed by atoms with Crippen LogP contribution in [0.3, 0.4) is 0 Å². The van der Waals surface area contributed by atoms with E-state index >= 15 is 0 Å². The van der Waals surface area contributed by atoms with Crippen molar-refractivity contribution in [2.75, 3.05) is 36.4 Å². The average Bonchev–Trinajstić information content (AvgIpc) is 3.22. The summed E-state index contributed by atoms with van der Waals surface area (Å²) in [6.07, 6.45) is 5.17. The molecular weight excluding hydrogens is 579 g/mol. The van der Waals surface area contributed by atoms with Crippen LogP contribution in [-0.2, 0) is 6.54 Å². The first kappa shape index (κ1) is 27.6. The van der Waals surface area contributed by atoms with Crippen LogP contribution in [0.25, 0.3) is 11.3 Å². The van der Waals surface area contributed by atoms with Crippen LogP contribution in [0.5, 0.6) is 0 Å². The zero-order chi connectivity index (χ0) is 30.0. The van der Waals surface area contributed by atoms with Gasteiger partial charge >= 0.3 is 0 Å². The summed E-state index contributed by atoms with van der Waals surface area (Å²) in [5.74, 6) is 0.688. The quantitative estimate of drug-likeness (QED) is 0.271. The Labute approximate surface area is 258 Å². The van der Waals surface area contributed by atoms with Gasteiger partial charge in [-0.25, -0.2) is 24.3 Å². The number of nitrogens with zero attached hydrogens (tertiary/aromatic N) is 7. The van der Waals surface area contributed by atoms with E-state index in [1.807, 2.05) is 23.1 Å². The van der Waals surface area contributed by atoms with Gasteiger partial charge < -0.3 is 15.1 Å². The van der Waals surface area contributed by atoms with Crippen LogP contribution in [0, 0.1) is 5.82 Å². The number of aromatic nitrogens is 4. The summed E-state index contributed by atoms with van der Waals surface area (Å²) in [7, 11) is 0. The van der Waals surface area contributed by atoms with Crippen molar-refractivity contribution in [2.24, 2.45) is 4.99 Å². The van der Waals surface area contributed by atoms with Gasteiger partial charge in [-0.1, -0.05) is 29.8 Å². The molecule has 218 valence electrons. The zero-order valence-electron chi connectivity index (χ0n) is 23.5. The molecular formula is C33H26ClFN8O. The first-order valence-corrected chi connectivity index (χ1v) is 14.6. The molecule has 9 nitrogen and oxygen atoms in total. The van der Waals surface area contributed by atoms with Gasteiger partial charge in [0.2, 0.25) is 11.9 Å². The topological polar surface area (TPSA) is 99.5 Å². The highest BCUT2D eigenvalue weighted by atomic mass is 35.5. The highest BCUT2D eigenvalue weighted by Gasteiger charge is 2.25. The maximum atomic E-state index is 14.8. The minimum atomic E-state index is -0.359. The van der Waals surface area contributed by atoms with Crippen LogP contribution in [0.4, 0.5) is 22.0 Å². The molecule has 1 fully saturated rings. The summed E-state index contributed by atoms with van der Waals surface area (Å²) in [6, 6.07) is 21.1. The molecule has 0 radical (unpaired) electrons. The number of hydrogen-bond donors (Lipinski definition) is 1. The lowest BCUT2D eigenvalue weighted by atomic mass is 9.95. The number of rotatable bonds is 5. The van der Waals surface area contributed by atoms with Crippen LogP contribution >= 0.6 is 11.6 Å². The number of benzene rings is 3. The molecule has 4 heterocycles. The maximum Gasteiger partial charge on any atom is 0.253 e. The van der Waals surface area contributed by atoms with Gasteiger partial charge in [0.05, 0.1) is 18.0 Å². The van der Waals surface area contributed by atoms with Crippen molar-refractivity contribution in [3.63, 3.8) is 0 Å².